The maximum atomic E-state index is 13.5. The summed E-state index contributed by atoms with van der Waals surface area (Å²) in [6, 6.07) is 10.5. The van der Waals surface area contributed by atoms with Crippen LogP contribution in [0.15, 0.2) is 48.0 Å². The van der Waals surface area contributed by atoms with Gasteiger partial charge in [-0.2, -0.15) is 0 Å². The monoisotopic (exact) mass is 519 g/mol. The summed E-state index contributed by atoms with van der Waals surface area (Å²) in [4.78, 5) is 41.6. The van der Waals surface area contributed by atoms with Crippen LogP contribution >= 0.6 is 11.8 Å². The first-order chi connectivity index (χ1) is 16.5. The Morgan fingerprint density at radius 1 is 1.11 bits per heavy atom. The number of hydrogen-bond acceptors (Lipinski definition) is 5. The van der Waals surface area contributed by atoms with Crippen LogP contribution in [-0.4, -0.2) is 75.5 Å². The van der Waals surface area contributed by atoms with Gasteiger partial charge in [0.05, 0.1) is 6.04 Å². The van der Waals surface area contributed by atoms with Crippen molar-refractivity contribution in [3.8, 4) is 0 Å². The van der Waals surface area contributed by atoms with Gasteiger partial charge < -0.3 is 15.3 Å². The molecule has 2 amide bonds. The van der Waals surface area contributed by atoms with Gasteiger partial charge in [0.25, 0.3) is 0 Å². The van der Waals surface area contributed by atoms with E-state index >= 15 is 0 Å². The molecule has 1 heterocycles. The Kier molecular flexibility index (Phi) is 11.7. The fraction of sp³-hybridized carbons (Fsp3) is 0.607. The van der Waals surface area contributed by atoms with Crippen LogP contribution in [0, 0.1) is 11.3 Å². The van der Waals surface area contributed by atoms with Crippen molar-refractivity contribution in [2.75, 3.05) is 20.0 Å². The number of amides is 2. The number of aliphatic carboxylic acids is 1. The van der Waals surface area contributed by atoms with Gasteiger partial charge in [-0.25, -0.2) is 4.79 Å². The maximum absolute atomic E-state index is 13.5. The second-order valence-electron chi connectivity index (χ2n) is 11.3. The third-order valence-electron chi connectivity index (χ3n) is 6.29. The topological polar surface area (TPSA) is 90.0 Å². The Morgan fingerprint density at radius 2 is 1.58 bits per heavy atom. The zero-order valence-electron chi connectivity index (χ0n) is 23.5. The lowest BCUT2D eigenvalue weighted by molar-refractivity contribution is -0.141. The SMILES string of the molecule is C/C(=C\[C@H](C(C)C)N(C)C(=O)[C@@H](NC(=O)C1N(C)CSC1(C)C)C(C)(C)C)C(=O)O.c1ccccc1. The van der Waals surface area contributed by atoms with Crippen molar-refractivity contribution >= 4 is 29.5 Å². The lowest BCUT2D eigenvalue weighted by atomic mass is 9.84. The van der Waals surface area contributed by atoms with Gasteiger partial charge in [0.2, 0.25) is 11.8 Å². The molecule has 1 aliphatic rings. The van der Waals surface area contributed by atoms with Crippen molar-refractivity contribution in [3.63, 3.8) is 0 Å². The molecular weight excluding hydrogens is 474 g/mol. The highest BCUT2D eigenvalue weighted by Crippen LogP contribution is 2.38. The molecular formula is C28H45N3O4S. The van der Waals surface area contributed by atoms with Crippen molar-refractivity contribution in [2.24, 2.45) is 11.3 Å². The molecule has 1 aromatic rings. The molecule has 1 aromatic carbocycles. The molecule has 0 spiro atoms. The molecule has 36 heavy (non-hydrogen) atoms. The van der Waals surface area contributed by atoms with E-state index in [0.717, 1.165) is 5.88 Å². The minimum absolute atomic E-state index is 0.0147. The molecule has 1 unspecified atom stereocenters. The molecule has 202 valence electrons. The van der Waals surface area contributed by atoms with Crippen LogP contribution in [0.1, 0.15) is 55.4 Å². The minimum Gasteiger partial charge on any atom is -0.478 e. The standard InChI is InChI=1S/C22H39N3O4S.C6H6/c1-13(2)15(11-14(3)20(28)29)25(10)19(27)16(21(4,5)6)23-18(26)17-22(7,8)30-12-24(17)9;1-2-4-6-5-3-1/h11,13,15-17H,12H2,1-10H3,(H,23,26)(H,28,29);1-6H/b14-11+;/t15-,16-,17?;/m1./s1. The summed E-state index contributed by atoms with van der Waals surface area (Å²) in [5.41, 5.74) is -0.321. The fourth-order valence-electron chi connectivity index (χ4n) is 4.15. The van der Waals surface area contributed by atoms with Crippen LogP contribution in [0.2, 0.25) is 0 Å². The van der Waals surface area contributed by atoms with Crippen LogP contribution in [0.4, 0.5) is 0 Å². The number of likely N-dealkylation sites (N-methyl/N-ethyl adjacent to an activating group) is 2. The second-order valence-corrected chi connectivity index (χ2v) is 12.9. The van der Waals surface area contributed by atoms with Gasteiger partial charge in [-0.05, 0) is 39.2 Å². The number of hydrogen-bond donors (Lipinski definition) is 2. The predicted octanol–water partition coefficient (Wildman–Crippen LogP) is 4.50. The zero-order chi connectivity index (χ0) is 27.8. The van der Waals surface area contributed by atoms with Crippen LogP contribution in [0.25, 0.3) is 0 Å². The Balaban J connectivity index is 0.000000936. The number of carbonyl (C=O) groups is 3. The minimum atomic E-state index is -1.01. The van der Waals surface area contributed by atoms with Crippen LogP contribution in [0.3, 0.4) is 0 Å². The number of benzene rings is 1. The normalized spacial score (nSPS) is 19.6. The third-order valence-corrected chi connectivity index (χ3v) is 7.79. The largest absolute Gasteiger partial charge is 0.478 e. The van der Waals surface area contributed by atoms with Gasteiger partial charge >= 0.3 is 5.97 Å². The summed E-state index contributed by atoms with van der Waals surface area (Å²) in [6.07, 6.45) is 1.61. The molecule has 1 saturated heterocycles. The van der Waals surface area contributed by atoms with E-state index in [1.54, 1.807) is 29.8 Å². The molecule has 0 radical (unpaired) electrons. The Hall–Kier alpha value is -2.32. The summed E-state index contributed by atoms with van der Waals surface area (Å²) in [6.45, 7) is 15.3. The Labute approximate surface area is 221 Å². The first kappa shape index (κ1) is 31.7. The highest BCUT2D eigenvalue weighted by molar-refractivity contribution is 8.00. The van der Waals surface area contributed by atoms with E-state index in [4.69, 9.17) is 0 Å². The molecule has 2 N–H and O–H groups in total. The molecule has 0 bridgehead atoms. The van der Waals surface area contributed by atoms with E-state index in [9.17, 15) is 19.5 Å². The van der Waals surface area contributed by atoms with Gasteiger partial charge in [-0.3, -0.25) is 14.5 Å². The van der Waals surface area contributed by atoms with E-state index in [1.165, 1.54) is 6.92 Å². The lowest BCUT2D eigenvalue weighted by Crippen LogP contribution is -2.60. The molecule has 1 aliphatic heterocycles. The van der Waals surface area contributed by atoms with E-state index in [2.05, 4.69) is 5.32 Å². The molecule has 0 aromatic heterocycles. The summed E-state index contributed by atoms with van der Waals surface area (Å²) in [5, 5.41) is 12.3. The second kappa shape index (κ2) is 13.3. The van der Waals surface area contributed by atoms with Crippen molar-refractivity contribution in [1.82, 2.24) is 15.1 Å². The molecule has 2 rings (SSSR count). The number of nitrogens with zero attached hydrogens (tertiary/aromatic N) is 2. The summed E-state index contributed by atoms with van der Waals surface area (Å²) in [7, 11) is 3.59. The Bertz CT molecular complexity index is 882. The fourth-order valence-corrected chi connectivity index (χ4v) is 5.28. The lowest BCUT2D eigenvalue weighted by Gasteiger charge is -2.39. The summed E-state index contributed by atoms with van der Waals surface area (Å²) in [5.74, 6) is -0.622. The van der Waals surface area contributed by atoms with Gasteiger partial charge in [-0.1, -0.05) is 77.1 Å². The quantitative estimate of drug-likeness (QED) is 0.516. The highest BCUT2D eigenvalue weighted by atomic mass is 32.2. The number of carboxylic acid groups (broad SMARTS) is 1. The third kappa shape index (κ3) is 8.96. The number of carboxylic acids is 1. The average Bonchev–Trinajstić information content (AvgIpc) is 3.07. The van der Waals surface area contributed by atoms with Crippen molar-refractivity contribution in [2.45, 2.75) is 78.3 Å². The molecule has 0 aliphatic carbocycles. The predicted molar refractivity (Wildman–Crippen MR) is 149 cm³/mol. The number of thioether (sulfide) groups is 1. The maximum Gasteiger partial charge on any atom is 0.331 e. The molecule has 3 atom stereocenters. The van der Waals surface area contributed by atoms with Gasteiger partial charge in [0, 0.05) is 23.2 Å². The summed E-state index contributed by atoms with van der Waals surface area (Å²) >= 11 is 1.72. The van der Waals surface area contributed by atoms with E-state index < -0.39 is 23.5 Å². The van der Waals surface area contributed by atoms with Gasteiger partial charge in [0.1, 0.15) is 12.1 Å². The first-order valence-electron chi connectivity index (χ1n) is 12.3. The average molecular weight is 520 g/mol. The van der Waals surface area contributed by atoms with Crippen molar-refractivity contribution in [1.29, 1.82) is 0 Å². The van der Waals surface area contributed by atoms with Crippen molar-refractivity contribution in [3.05, 3.63) is 48.0 Å². The molecule has 8 heteroatoms. The molecule has 1 fully saturated rings. The first-order valence-corrected chi connectivity index (χ1v) is 13.3. The zero-order valence-corrected chi connectivity index (χ0v) is 24.3. The Morgan fingerprint density at radius 3 is 1.92 bits per heavy atom. The van der Waals surface area contributed by atoms with E-state index in [0.29, 0.717) is 0 Å². The highest BCUT2D eigenvalue weighted by Gasteiger charge is 2.46. The number of nitrogens with one attached hydrogen (secondary N) is 1. The van der Waals surface area contributed by atoms with Crippen molar-refractivity contribution < 1.29 is 19.5 Å². The van der Waals surface area contributed by atoms with E-state index in [1.807, 2.05) is 96.8 Å². The number of carbonyl (C=O) groups excluding carboxylic acids is 2. The molecule has 7 nitrogen and oxygen atoms in total. The summed E-state index contributed by atoms with van der Waals surface area (Å²) < 4.78 is -0.252. The number of rotatable bonds is 7. The van der Waals surface area contributed by atoms with Gasteiger partial charge in [0.15, 0.2) is 0 Å². The molecule has 0 saturated carbocycles. The van der Waals surface area contributed by atoms with E-state index in [-0.39, 0.29) is 34.1 Å². The van der Waals surface area contributed by atoms with Crippen LogP contribution in [-0.2, 0) is 14.4 Å². The smallest absolute Gasteiger partial charge is 0.331 e. The van der Waals surface area contributed by atoms with Crippen LogP contribution in [0.5, 0.6) is 0 Å². The van der Waals surface area contributed by atoms with Crippen LogP contribution < -0.4 is 5.32 Å². The van der Waals surface area contributed by atoms with Gasteiger partial charge in [-0.15, -0.1) is 11.8 Å².